The Balaban J connectivity index is 0.00000448. The topological polar surface area (TPSA) is 44.9 Å². The molecule has 7 rings (SSSR count). The van der Waals surface area contributed by atoms with Crippen LogP contribution >= 0.6 is 0 Å². The maximum Gasteiger partial charge on any atom is 2.00 e. The number of fused-ring (bicyclic) bond motifs is 3. The Morgan fingerprint density at radius 2 is 1.65 bits per heavy atom. The molecule has 1 aliphatic rings. The van der Waals surface area contributed by atoms with Crippen molar-refractivity contribution in [2.75, 3.05) is 0 Å². The number of hydrogen-bond acceptors (Lipinski definition) is 3. The van der Waals surface area contributed by atoms with Crippen molar-refractivity contribution in [1.82, 2.24) is 19.3 Å². The Kier molecular flexibility index (Phi) is 10.3. The number of hydrogen-bond donors (Lipinski definition) is 0. The van der Waals surface area contributed by atoms with Gasteiger partial charge in [-0.1, -0.05) is 90.8 Å². The fourth-order valence-corrected chi connectivity index (χ4v) is 7.85. The third-order valence-electron chi connectivity index (χ3n) is 10.5. The van der Waals surface area contributed by atoms with Gasteiger partial charge in [0, 0.05) is 40.4 Å². The summed E-state index contributed by atoms with van der Waals surface area (Å²) in [6.07, 6.45) is 6.68. The molecule has 6 aromatic rings. The van der Waals surface area contributed by atoms with Gasteiger partial charge in [-0.2, -0.15) is 11.2 Å². The van der Waals surface area contributed by atoms with E-state index in [1.54, 1.807) is 0 Å². The zero-order chi connectivity index (χ0) is 35.5. The van der Waals surface area contributed by atoms with Crippen LogP contribution in [-0.2, 0) is 26.5 Å². The predicted molar refractivity (Wildman–Crippen MR) is 206 cm³/mol. The van der Waals surface area contributed by atoms with E-state index in [9.17, 15) is 0 Å². The molecule has 0 amide bonds. The molecule has 0 N–H and O–H groups in total. The molecule has 3 aromatic carbocycles. The maximum absolute atomic E-state index is 6.73. The van der Waals surface area contributed by atoms with Crippen LogP contribution in [-0.4, -0.2) is 19.3 Å². The van der Waals surface area contributed by atoms with Gasteiger partial charge < -0.3 is 9.30 Å². The van der Waals surface area contributed by atoms with Crippen LogP contribution in [0.2, 0.25) is 0 Å². The van der Waals surface area contributed by atoms with E-state index < -0.39 is 0 Å². The van der Waals surface area contributed by atoms with Gasteiger partial charge in [0.15, 0.2) is 0 Å². The minimum absolute atomic E-state index is 0. The number of allylic oxidation sites excluding steroid dienone is 2. The van der Waals surface area contributed by atoms with Gasteiger partial charge >= 0.3 is 21.1 Å². The average Bonchev–Trinajstić information content (AvgIpc) is 3.59. The van der Waals surface area contributed by atoms with Gasteiger partial charge in [-0.25, -0.2) is 4.98 Å². The molecule has 0 fully saturated rings. The SMILES string of the molecule is CC1=CCC[C@H](C)C1c1c(C)nn(-c2[c-]c(Oc3[c-]c4c(cc3)c3ccccc3n4-c3cc(C(C)C)ccn3)cc(C(C)(C)C)c2)c1C(C)C.[Pt+2]. The first kappa shape index (κ1) is 36.8. The number of ether oxygens (including phenoxy) is 1. The summed E-state index contributed by atoms with van der Waals surface area (Å²) in [6, 6.07) is 28.6. The van der Waals surface area contributed by atoms with Crippen molar-refractivity contribution in [3.63, 3.8) is 0 Å². The molecule has 0 spiro atoms. The van der Waals surface area contributed by atoms with Crippen LogP contribution in [0.25, 0.3) is 33.3 Å². The Hall–Kier alpha value is -3.95. The molecular weight excluding hydrogens is 808 g/mol. The number of aromatic nitrogens is 4. The second-order valence-electron chi connectivity index (χ2n) is 15.9. The molecule has 5 nitrogen and oxygen atoms in total. The van der Waals surface area contributed by atoms with E-state index in [2.05, 4.69) is 151 Å². The number of benzene rings is 3. The third kappa shape index (κ3) is 6.87. The predicted octanol–water partition coefficient (Wildman–Crippen LogP) is 12.1. The molecular formula is C45H50N4OPt. The number of rotatable bonds is 7. The normalized spacial score (nSPS) is 16.6. The molecule has 0 saturated heterocycles. The molecule has 1 aliphatic carbocycles. The van der Waals surface area contributed by atoms with Crippen molar-refractivity contribution in [3.8, 4) is 23.0 Å². The molecule has 0 aliphatic heterocycles. The van der Waals surface area contributed by atoms with Crippen molar-refractivity contribution in [1.29, 1.82) is 0 Å². The van der Waals surface area contributed by atoms with E-state index in [1.165, 1.54) is 28.8 Å². The van der Waals surface area contributed by atoms with Gasteiger partial charge in [0.05, 0.1) is 5.69 Å². The maximum atomic E-state index is 6.73. The minimum Gasteiger partial charge on any atom is -0.509 e. The molecule has 0 radical (unpaired) electrons. The molecule has 2 atom stereocenters. The fourth-order valence-electron chi connectivity index (χ4n) is 7.85. The standard InChI is InChI=1S/C45H50N4O.Pt/c1-27(2)32-20-21-46-41(22-32)48-39-17-12-11-16-37(39)38-19-18-35(26-40(38)48)50-36-24-33(45(8,9)10)23-34(25-36)49-44(28(3)4)43(31(7)47-49)42-29(5)14-13-15-30(42)6;/h11-12,14,16-24,27-28,30,42H,13,15H2,1-10H3;/q-2;+2/t30-,42?;/m0./s1. The summed E-state index contributed by atoms with van der Waals surface area (Å²) in [6.45, 7) is 22.6. The van der Waals surface area contributed by atoms with Crippen molar-refractivity contribution < 1.29 is 25.8 Å². The summed E-state index contributed by atoms with van der Waals surface area (Å²) in [7, 11) is 0. The van der Waals surface area contributed by atoms with Crippen molar-refractivity contribution in [3.05, 3.63) is 119 Å². The molecule has 0 bridgehead atoms. The first-order chi connectivity index (χ1) is 23.8. The molecule has 266 valence electrons. The molecule has 1 unspecified atom stereocenters. The van der Waals surface area contributed by atoms with Crippen LogP contribution in [0.5, 0.6) is 11.5 Å². The van der Waals surface area contributed by atoms with E-state index >= 15 is 0 Å². The number of para-hydroxylation sites is 1. The van der Waals surface area contributed by atoms with Crippen molar-refractivity contribution in [2.45, 2.75) is 105 Å². The number of aryl methyl sites for hydroxylation is 1. The van der Waals surface area contributed by atoms with E-state index in [4.69, 9.17) is 14.8 Å². The largest absolute Gasteiger partial charge is 2.00 e. The van der Waals surface area contributed by atoms with Crippen LogP contribution in [0.1, 0.15) is 121 Å². The number of pyridine rings is 1. The van der Waals surface area contributed by atoms with Gasteiger partial charge in [-0.15, -0.1) is 41.3 Å². The van der Waals surface area contributed by atoms with Gasteiger partial charge in [0.25, 0.3) is 0 Å². The zero-order valence-corrected chi connectivity index (χ0v) is 33.9. The van der Waals surface area contributed by atoms with Crippen molar-refractivity contribution in [2.24, 2.45) is 5.92 Å². The summed E-state index contributed by atoms with van der Waals surface area (Å²) < 4.78 is 11.1. The van der Waals surface area contributed by atoms with E-state index in [0.29, 0.717) is 29.3 Å². The summed E-state index contributed by atoms with van der Waals surface area (Å²) in [5.41, 5.74) is 10.4. The Morgan fingerprint density at radius 1 is 0.882 bits per heavy atom. The van der Waals surface area contributed by atoms with E-state index in [0.717, 1.165) is 51.0 Å². The van der Waals surface area contributed by atoms with Gasteiger partial charge in [-0.3, -0.25) is 4.68 Å². The van der Waals surface area contributed by atoms with Gasteiger partial charge in [0.1, 0.15) is 5.82 Å². The summed E-state index contributed by atoms with van der Waals surface area (Å²) in [5.74, 6) is 3.78. The first-order valence-corrected chi connectivity index (χ1v) is 18.3. The minimum atomic E-state index is -0.116. The second kappa shape index (κ2) is 14.2. The van der Waals surface area contributed by atoms with Crippen LogP contribution in [0.4, 0.5) is 0 Å². The smallest absolute Gasteiger partial charge is 0.509 e. The van der Waals surface area contributed by atoms with Crippen LogP contribution in [0.15, 0.2) is 78.5 Å². The molecule has 3 aromatic heterocycles. The van der Waals surface area contributed by atoms with Crippen LogP contribution in [0.3, 0.4) is 0 Å². The Morgan fingerprint density at radius 3 is 2.35 bits per heavy atom. The number of nitrogens with zero attached hydrogens (tertiary/aromatic N) is 4. The van der Waals surface area contributed by atoms with E-state index in [-0.39, 0.29) is 32.4 Å². The van der Waals surface area contributed by atoms with Crippen LogP contribution < -0.4 is 4.74 Å². The Labute approximate surface area is 318 Å². The monoisotopic (exact) mass is 857 g/mol. The third-order valence-corrected chi connectivity index (χ3v) is 10.5. The first-order valence-electron chi connectivity index (χ1n) is 18.3. The summed E-state index contributed by atoms with van der Waals surface area (Å²) in [5, 5.41) is 7.50. The fraction of sp³-hybridized carbons (Fsp3) is 0.378. The molecule has 51 heavy (non-hydrogen) atoms. The molecule has 3 heterocycles. The second-order valence-corrected chi connectivity index (χ2v) is 15.9. The summed E-state index contributed by atoms with van der Waals surface area (Å²) >= 11 is 0. The van der Waals surface area contributed by atoms with Gasteiger partial charge in [-0.05, 0) is 84.7 Å². The average molecular weight is 858 g/mol. The van der Waals surface area contributed by atoms with Crippen LogP contribution in [0, 0.1) is 25.0 Å². The quantitative estimate of drug-likeness (QED) is 0.119. The molecule has 6 heteroatoms. The zero-order valence-electron chi connectivity index (χ0n) is 31.7. The van der Waals surface area contributed by atoms with Gasteiger partial charge in [0.2, 0.25) is 0 Å². The van der Waals surface area contributed by atoms with E-state index in [1.807, 2.05) is 12.3 Å². The summed E-state index contributed by atoms with van der Waals surface area (Å²) in [4.78, 5) is 4.82. The Bertz CT molecular complexity index is 2250. The van der Waals surface area contributed by atoms with Crippen molar-refractivity contribution >= 4 is 21.8 Å². The molecule has 0 saturated carbocycles.